The molecule has 164 valence electrons. The number of rotatable bonds is 5. The summed E-state index contributed by atoms with van der Waals surface area (Å²) in [6.07, 6.45) is 1.61. The number of ether oxygens (including phenoxy) is 1. The Hall–Kier alpha value is -3.53. The topological polar surface area (TPSA) is 89.6 Å². The van der Waals surface area contributed by atoms with Gasteiger partial charge in [-0.3, -0.25) is 14.6 Å². The number of hydrogen-bond acceptors (Lipinski definition) is 6. The lowest BCUT2D eigenvalue weighted by atomic mass is 10.1. The predicted octanol–water partition coefficient (Wildman–Crippen LogP) is 2.25. The number of fused-ring (bicyclic) bond motifs is 1. The molecule has 0 aromatic heterocycles. The molecule has 2 heterocycles. The first-order chi connectivity index (χ1) is 15.4. The van der Waals surface area contributed by atoms with Crippen molar-refractivity contribution >= 4 is 45.9 Å². The zero-order valence-electron chi connectivity index (χ0n) is 17.8. The fraction of sp³-hybridized carbons (Fsp3) is 0.227. The van der Waals surface area contributed by atoms with Gasteiger partial charge in [-0.25, -0.2) is 9.37 Å². The number of carbonyl (C=O) groups excluding carboxylic acids is 2. The fourth-order valence-electron chi connectivity index (χ4n) is 3.60. The number of methoxy groups -OCH3 is 1. The number of carbonyl (C=O) groups is 2. The van der Waals surface area contributed by atoms with E-state index in [9.17, 15) is 9.59 Å². The molecule has 0 aliphatic carbocycles. The van der Waals surface area contributed by atoms with Crippen LogP contribution in [0.5, 0.6) is 5.75 Å². The smallest absolute Gasteiger partial charge is 0.414 e. The third kappa shape index (κ3) is 4.01. The van der Waals surface area contributed by atoms with E-state index in [4.69, 9.17) is 4.74 Å². The van der Waals surface area contributed by atoms with E-state index >= 15 is 0 Å². The van der Waals surface area contributed by atoms with Gasteiger partial charge in [0.05, 0.1) is 19.9 Å². The molecule has 2 aliphatic rings. The number of imide groups is 1. The maximum Gasteiger partial charge on any atom is 0.414 e. The molecule has 2 aromatic carbocycles. The van der Waals surface area contributed by atoms with Gasteiger partial charge in [0.1, 0.15) is 5.75 Å². The summed E-state index contributed by atoms with van der Waals surface area (Å²) in [5.41, 5.74) is 4.70. The van der Waals surface area contributed by atoms with Crippen molar-refractivity contribution < 1.29 is 18.9 Å². The summed E-state index contributed by atoms with van der Waals surface area (Å²) in [5.74, 6) is 1.07. The first-order valence-electron chi connectivity index (χ1n) is 9.84. The lowest BCUT2D eigenvalue weighted by Crippen LogP contribution is -2.61. The molecule has 1 fully saturated rings. The Kier molecular flexibility index (Phi) is 6.04. The lowest BCUT2D eigenvalue weighted by Gasteiger charge is -2.31. The van der Waals surface area contributed by atoms with Gasteiger partial charge >= 0.3 is 12.0 Å². The van der Waals surface area contributed by atoms with E-state index in [-0.39, 0.29) is 5.91 Å². The predicted molar refractivity (Wildman–Crippen MR) is 124 cm³/mol. The van der Waals surface area contributed by atoms with E-state index in [1.807, 2.05) is 53.1 Å². The minimum Gasteiger partial charge on any atom is -0.496 e. The number of nitrogens with one attached hydrogen (secondary N) is 1. The number of amidine groups is 1. The molecule has 1 atom stereocenters. The van der Waals surface area contributed by atoms with Crippen molar-refractivity contribution in [2.75, 3.05) is 21.2 Å². The Balaban J connectivity index is 1.69. The highest BCUT2D eigenvalue weighted by Crippen LogP contribution is 2.22. The van der Waals surface area contributed by atoms with Gasteiger partial charge in [0, 0.05) is 24.1 Å². The van der Waals surface area contributed by atoms with E-state index in [1.54, 1.807) is 20.4 Å². The zero-order valence-corrected chi connectivity index (χ0v) is 19.4. The Labute approximate surface area is 193 Å². The van der Waals surface area contributed by atoms with Crippen molar-refractivity contribution in [3.8, 4) is 5.75 Å². The van der Waals surface area contributed by atoms with Crippen molar-refractivity contribution in [3.63, 3.8) is 0 Å². The standard InChI is InChI=1S/C22H21BrN6O3/c1-27-19-18(20(30)28(2)22(27)31)29(13-14-7-5-4-6-8-14)21(25-19)26-24-12-15-11-16(23)9-10-17(15)32-3/h4-12,18H,13H2,1-3H3/p+1/b24-12+. The molecular weight excluding hydrogens is 476 g/mol. The van der Waals surface area contributed by atoms with Crippen LogP contribution in [0.4, 0.5) is 4.79 Å². The average molecular weight is 498 g/mol. The van der Waals surface area contributed by atoms with Crippen molar-refractivity contribution in [2.24, 2.45) is 10.1 Å². The second-order valence-corrected chi connectivity index (χ2v) is 8.22. The minimum absolute atomic E-state index is 0.336. The molecule has 0 saturated carbocycles. The van der Waals surface area contributed by atoms with Gasteiger partial charge in [-0.05, 0) is 23.8 Å². The van der Waals surface area contributed by atoms with Crippen LogP contribution in [-0.4, -0.2) is 71.6 Å². The number of likely N-dealkylation sites (N-methyl/N-ethyl adjacent to an activating group) is 2. The molecule has 1 unspecified atom stereocenters. The van der Waals surface area contributed by atoms with Crippen LogP contribution in [0.1, 0.15) is 11.1 Å². The summed E-state index contributed by atoms with van der Waals surface area (Å²) in [6, 6.07) is 14.2. The summed E-state index contributed by atoms with van der Waals surface area (Å²) in [7, 11) is 4.67. The van der Waals surface area contributed by atoms with Crippen LogP contribution in [-0.2, 0) is 11.3 Å². The molecule has 4 rings (SSSR count). The van der Waals surface area contributed by atoms with Crippen molar-refractivity contribution in [3.05, 3.63) is 64.1 Å². The third-order valence-electron chi connectivity index (χ3n) is 5.29. The average Bonchev–Trinajstić information content (AvgIpc) is 3.15. The van der Waals surface area contributed by atoms with E-state index in [0.717, 1.165) is 20.5 Å². The molecule has 1 N–H and O–H groups in total. The van der Waals surface area contributed by atoms with Crippen molar-refractivity contribution in [1.29, 1.82) is 0 Å². The highest BCUT2D eigenvalue weighted by atomic mass is 79.9. The summed E-state index contributed by atoms with van der Waals surface area (Å²) >= 11 is 3.44. The van der Waals surface area contributed by atoms with E-state index in [1.165, 1.54) is 11.9 Å². The number of amides is 3. The first kappa shape index (κ1) is 21.7. The maximum absolute atomic E-state index is 13.0. The Morgan fingerprint density at radius 1 is 1.19 bits per heavy atom. The largest absolute Gasteiger partial charge is 0.496 e. The number of hydrogen-bond donors (Lipinski definition) is 1. The molecule has 32 heavy (non-hydrogen) atoms. The summed E-state index contributed by atoms with van der Waals surface area (Å²) in [4.78, 5) is 32.4. The third-order valence-corrected chi connectivity index (χ3v) is 5.78. The van der Waals surface area contributed by atoms with E-state index < -0.39 is 12.1 Å². The van der Waals surface area contributed by atoms with E-state index in [2.05, 4.69) is 31.4 Å². The zero-order chi connectivity index (χ0) is 22.8. The quantitative estimate of drug-likeness (QED) is 0.389. The van der Waals surface area contributed by atoms with Crippen LogP contribution in [0, 0.1) is 0 Å². The second-order valence-electron chi connectivity index (χ2n) is 7.30. The van der Waals surface area contributed by atoms with Gasteiger partial charge in [0.2, 0.25) is 11.9 Å². The highest BCUT2D eigenvalue weighted by Gasteiger charge is 2.51. The lowest BCUT2D eigenvalue weighted by molar-refractivity contribution is -0.553. The Morgan fingerprint density at radius 3 is 2.66 bits per heavy atom. The Morgan fingerprint density at radius 2 is 1.94 bits per heavy atom. The van der Waals surface area contributed by atoms with Gasteiger partial charge in [0.15, 0.2) is 0 Å². The van der Waals surface area contributed by atoms with Gasteiger partial charge in [-0.2, -0.15) is 5.43 Å². The van der Waals surface area contributed by atoms with Gasteiger partial charge in [0.25, 0.3) is 5.91 Å². The normalized spacial score (nSPS) is 18.4. The number of urea groups is 1. The molecule has 1 saturated heterocycles. The summed E-state index contributed by atoms with van der Waals surface area (Å²) < 4.78 is 8.07. The molecule has 9 nitrogen and oxygen atoms in total. The van der Waals surface area contributed by atoms with Crippen LogP contribution in [0.2, 0.25) is 0 Å². The molecule has 0 radical (unpaired) electrons. The monoisotopic (exact) mass is 497 g/mol. The van der Waals surface area contributed by atoms with E-state index in [0.29, 0.717) is 24.1 Å². The molecule has 2 aliphatic heterocycles. The number of hydrazone groups is 1. The number of benzene rings is 2. The van der Waals surface area contributed by atoms with Crippen molar-refractivity contribution in [2.45, 2.75) is 12.6 Å². The molecule has 0 bridgehead atoms. The fourth-order valence-corrected chi connectivity index (χ4v) is 3.98. The minimum atomic E-state index is -0.721. The molecule has 0 spiro atoms. The number of halogens is 1. The number of guanidine groups is 1. The first-order valence-corrected chi connectivity index (χ1v) is 10.6. The number of nitrogens with zero attached hydrogens (tertiary/aromatic N) is 5. The van der Waals surface area contributed by atoms with Gasteiger partial charge < -0.3 is 4.74 Å². The maximum atomic E-state index is 13.0. The highest BCUT2D eigenvalue weighted by molar-refractivity contribution is 9.10. The molecular formula is C22H22BrN6O3+. The van der Waals surface area contributed by atoms with Crippen LogP contribution < -0.4 is 10.2 Å². The van der Waals surface area contributed by atoms with Gasteiger partial charge in [-0.1, -0.05) is 51.3 Å². The van der Waals surface area contributed by atoms with Crippen LogP contribution in [0.3, 0.4) is 0 Å². The van der Waals surface area contributed by atoms with Crippen LogP contribution in [0.25, 0.3) is 0 Å². The van der Waals surface area contributed by atoms with Crippen LogP contribution >= 0.6 is 15.9 Å². The molecule has 2 aromatic rings. The second kappa shape index (κ2) is 8.91. The van der Waals surface area contributed by atoms with Crippen molar-refractivity contribution in [1.82, 2.24) is 15.2 Å². The SMILES string of the molecule is COc1ccc(Br)cc1/C=N/NC1=[N+](Cc2ccccc2)C2C(=O)N(C)C(=O)N(C)C2=N1. The summed E-state index contributed by atoms with van der Waals surface area (Å²) in [5, 5.41) is 4.32. The van der Waals surface area contributed by atoms with Gasteiger partial charge in [-0.15, -0.1) is 5.10 Å². The molecule has 10 heteroatoms. The number of aliphatic imine (C=N–C) groups is 1. The Bertz CT molecular complexity index is 1160. The van der Waals surface area contributed by atoms with Crippen LogP contribution in [0.15, 0.2) is 63.1 Å². The summed E-state index contributed by atoms with van der Waals surface area (Å²) in [6.45, 7) is 0.415. The molecule has 3 amide bonds.